The van der Waals surface area contributed by atoms with E-state index < -0.39 is 16.1 Å². The van der Waals surface area contributed by atoms with Crippen molar-refractivity contribution >= 4 is 10.0 Å². The second-order valence-corrected chi connectivity index (χ2v) is 7.37. The summed E-state index contributed by atoms with van der Waals surface area (Å²) >= 11 is 0. The Labute approximate surface area is 121 Å². The highest BCUT2D eigenvalue weighted by Crippen LogP contribution is 2.32. The van der Waals surface area contributed by atoms with Crippen LogP contribution in [0.5, 0.6) is 0 Å². The summed E-state index contributed by atoms with van der Waals surface area (Å²) < 4.78 is 26.4. The third-order valence-corrected chi connectivity index (χ3v) is 5.28. The Kier molecular flexibility index (Phi) is 5.18. The van der Waals surface area contributed by atoms with E-state index in [1.165, 1.54) is 37.7 Å². The molecule has 112 valence electrons. The summed E-state index contributed by atoms with van der Waals surface area (Å²) in [7, 11) is -3.51. The average molecular weight is 297 g/mol. The van der Waals surface area contributed by atoms with Crippen LogP contribution >= 0.6 is 0 Å². The lowest BCUT2D eigenvalue weighted by Gasteiger charge is -2.22. The van der Waals surface area contributed by atoms with E-state index in [2.05, 4.69) is 4.72 Å². The first kappa shape index (κ1) is 15.5. The van der Waals surface area contributed by atoms with Crippen LogP contribution in [-0.2, 0) is 10.0 Å². The highest BCUT2D eigenvalue weighted by Gasteiger charge is 2.18. The summed E-state index contributed by atoms with van der Waals surface area (Å²) in [5.41, 5.74) is 1.24. The molecule has 20 heavy (non-hydrogen) atoms. The van der Waals surface area contributed by atoms with Crippen LogP contribution in [0, 0.1) is 0 Å². The molecule has 1 atom stereocenters. The van der Waals surface area contributed by atoms with Gasteiger partial charge in [-0.2, -0.15) is 0 Å². The number of sulfonamides is 1. The minimum atomic E-state index is -3.51. The molecule has 4 nitrogen and oxygen atoms in total. The quantitative estimate of drug-likeness (QED) is 0.877. The smallest absolute Gasteiger partial charge is 0.240 e. The number of rotatable bonds is 5. The van der Waals surface area contributed by atoms with Crippen LogP contribution in [0.1, 0.15) is 50.5 Å². The van der Waals surface area contributed by atoms with Crippen LogP contribution in [0.15, 0.2) is 29.2 Å². The number of aliphatic hydroxyl groups is 1. The number of hydrogen-bond donors (Lipinski definition) is 2. The molecule has 0 aliphatic heterocycles. The minimum Gasteiger partial charge on any atom is -0.392 e. The lowest BCUT2D eigenvalue weighted by molar-refractivity contribution is 0.198. The first-order chi connectivity index (χ1) is 9.49. The van der Waals surface area contributed by atoms with Gasteiger partial charge in [-0.05, 0) is 43.4 Å². The van der Waals surface area contributed by atoms with Crippen molar-refractivity contribution in [2.45, 2.75) is 55.9 Å². The molecule has 1 aromatic carbocycles. The van der Waals surface area contributed by atoms with Crippen LogP contribution < -0.4 is 4.72 Å². The Morgan fingerprint density at radius 2 is 1.80 bits per heavy atom. The lowest BCUT2D eigenvalue weighted by Crippen LogP contribution is -2.30. The molecule has 1 aromatic rings. The molecule has 5 heteroatoms. The van der Waals surface area contributed by atoms with E-state index in [4.69, 9.17) is 5.11 Å². The highest BCUT2D eigenvalue weighted by atomic mass is 32.2. The van der Waals surface area contributed by atoms with Crippen LogP contribution in [0.25, 0.3) is 0 Å². The van der Waals surface area contributed by atoms with Gasteiger partial charge in [0, 0.05) is 6.54 Å². The standard InChI is InChI=1S/C15H23NO3S/c1-12(17)11-16-20(18,19)15-9-7-14(8-10-15)13-5-3-2-4-6-13/h7-10,12-13,16-17H,2-6,11H2,1H3/t12-/m0/s1. The van der Waals surface area contributed by atoms with Gasteiger partial charge in [0.15, 0.2) is 0 Å². The lowest BCUT2D eigenvalue weighted by atomic mass is 9.84. The van der Waals surface area contributed by atoms with Crippen LogP contribution in [0.2, 0.25) is 0 Å². The first-order valence-corrected chi connectivity index (χ1v) is 8.75. The summed E-state index contributed by atoms with van der Waals surface area (Å²) in [6.45, 7) is 1.58. The molecule has 0 aromatic heterocycles. The topological polar surface area (TPSA) is 66.4 Å². The summed E-state index contributed by atoms with van der Waals surface area (Å²) in [4.78, 5) is 0.262. The molecule has 0 unspecified atom stereocenters. The molecule has 0 bridgehead atoms. The summed E-state index contributed by atoms with van der Waals surface area (Å²) in [5.74, 6) is 0.575. The zero-order valence-electron chi connectivity index (χ0n) is 11.9. The molecule has 0 heterocycles. The predicted molar refractivity (Wildman–Crippen MR) is 79.1 cm³/mol. The van der Waals surface area contributed by atoms with Crippen molar-refractivity contribution in [3.63, 3.8) is 0 Å². The molecule has 0 amide bonds. The van der Waals surface area contributed by atoms with Crippen LogP contribution in [-0.4, -0.2) is 26.2 Å². The van der Waals surface area contributed by atoms with Gasteiger partial charge in [0.25, 0.3) is 0 Å². The van der Waals surface area contributed by atoms with Gasteiger partial charge in [-0.25, -0.2) is 13.1 Å². The van der Waals surface area contributed by atoms with Gasteiger partial charge in [0.05, 0.1) is 11.0 Å². The Morgan fingerprint density at radius 1 is 1.20 bits per heavy atom. The Balaban J connectivity index is 2.07. The molecule has 1 fully saturated rings. The maximum absolute atomic E-state index is 12.0. The van der Waals surface area contributed by atoms with Gasteiger partial charge in [0.2, 0.25) is 10.0 Å². The van der Waals surface area contributed by atoms with E-state index in [0.29, 0.717) is 5.92 Å². The molecule has 0 saturated heterocycles. The molecule has 1 saturated carbocycles. The second kappa shape index (κ2) is 6.70. The van der Waals surface area contributed by atoms with Gasteiger partial charge in [-0.3, -0.25) is 0 Å². The van der Waals surface area contributed by atoms with Gasteiger partial charge in [-0.15, -0.1) is 0 Å². The minimum absolute atomic E-state index is 0.0344. The van der Waals surface area contributed by atoms with E-state index in [9.17, 15) is 8.42 Å². The maximum Gasteiger partial charge on any atom is 0.240 e. The van der Waals surface area contributed by atoms with E-state index in [1.807, 2.05) is 12.1 Å². The summed E-state index contributed by atoms with van der Waals surface area (Å²) in [5, 5.41) is 9.15. The second-order valence-electron chi connectivity index (χ2n) is 5.60. The van der Waals surface area contributed by atoms with Gasteiger partial charge >= 0.3 is 0 Å². The van der Waals surface area contributed by atoms with Crippen molar-refractivity contribution < 1.29 is 13.5 Å². The number of benzene rings is 1. The molecular formula is C15H23NO3S. The van der Waals surface area contributed by atoms with Crippen LogP contribution in [0.4, 0.5) is 0 Å². The molecule has 2 N–H and O–H groups in total. The van der Waals surface area contributed by atoms with E-state index in [0.717, 1.165) is 0 Å². The Bertz CT molecular complexity index is 517. The van der Waals surface area contributed by atoms with E-state index in [-0.39, 0.29) is 11.4 Å². The fraction of sp³-hybridized carbons (Fsp3) is 0.600. The van der Waals surface area contributed by atoms with Crippen LogP contribution in [0.3, 0.4) is 0 Å². The fourth-order valence-corrected chi connectivity index (χ4v) is 3.79. The van der Waals surface area contributed by atoms with Crippen molar-refractivity contribution in [1.82, 2.24) is 4.72 Å². The van der Waals surface area contributed by atoms with Crippen molar-refractivity contribution in [3.8, 4) is 0 Å². The first-order valence-electron chi connectivity index (χ1n) is 7.27. The highest BCUT2D eigenvalue weighted by molar-refractivity contribution is 7.89. The normalized spacial score (nSPS) is 18.9. The molecule has 2 rings (SSSR count). The zero-order chi connectivity index (χ0) is 14.6. The molecular weight excluding hydrogens is 274 g/mol. The average Bonchev–Trinajstić information content (AvgIpc) is 2.46. The van der Waals surface area contributed by atoms with Crippen molar-refractivity contribution in [2.24, 2.45) is 0 Å². The summed E-state index contributed by atoms with van der Waals surface area (Å²) in [6, 6.07) is 7.17. The van der Waals surface area contributed by atoms with Gasteiger partial charge < -0.3 is 5.11 Å². The predicted octanol–water partition coefficient (Wildman–Crippen LogP) is 2.39. The van der Waals surface area contributed by atoms with E-state index >= 15 is 0 Å². The molecule has 0 radical (unpaired) electrons. The Morgan fingerprint density at radius 3 is 2.35 bits per heavy atom. The van der Waals surface area contributed by atoms with Crippen molar-refractivity contribution in [2.75, 3.05) is 6.54 Å². The number of hydrogen-bond acceptors (Lipinski definition) is 3. The third-order valence-electron chi connectivity index (χ3n) is 3.84. The van der Waals surface area contributed by atoms with Crippen molar-refractivity contribution in [3.05, 3.63) is 29.8 Å². The number of aliphatic hydroxyl groups excluding tert-OH is 1. The monoisotopic (exact) mass is 297 g/mol. The van der Waals surface area contributed by atoms with Gasteiger partial charge in [0.1, 0.15) is 0 Å². The maximum atomic E-state index is 12.0. The molecule has 0 spiro atoms. The van der Waals surface area contributed by atoms with Gasteiger partial charge in [-0.1, -0.05) is 31.4 Å². The zero-order valence-corrected chi connectivity index (χ0v) is 12.7. The van der Waals surface area contributed by atoms with Crippen molar-refractivity contribution in [1.29, 1.82) is 0 Å². The van der Waals surface area contributed by atoms with E-state index in [1.54, 1.807) is 19.1 Å². The SMILES string of the molecule is C[C@H](O)CNS(=O)(=O)c1ccc(C2CCCCC2)cc1. The third kappa shape index (κ3) is 4.04. The molecule has 1 aliphatic carbocycles. The number of nitrogens with one attached hydrogen (secondary N) is 1. The Hall–Kier alpha value is -0.910. The summed E-state index contributed by atoms with van der Waals surface area (Å²) in [6.07, 6.45) is 5.55. The molecule has 1 aliphatic rings. The fourth-order valence-electron chi connectivity index (χ4n) is 2.67. The largest absolute Gasteiger partial charge is 0.392 e.